The molecule has 0 bridgehead atoms. The van der Waals surface area contributed by atoms with Crippen LogP contribution in [0, 0.1) is 11.8 Å². The Balaban J connectivity index is 1.62. The van der Waals surface area contributed by atoms with Crippen LogP contribution in [0.25, 0.3) is 0 Å². The van der Waals surface area contributed by atoms with Crippen molar-refractivity contribution >= 4 is 11.8 Å². The highest BCUT2D eigenvalue weighted by Crippen LogP contribution is 2.40. The predicted molar refractivity (Wildman–Crippen MR) is 99.1 cm³/mol. The average molecular weight is 342 g/mol. The Kier molecular flexibility index (Phi) is 4.90. The normalized spacial score (nSPS) is 26.5. The molecule has 0 spiro atoms. The molecular weight excluding hydrogens is 312 g/mol. The number of hydrogen-bond donors (Lipinski definition) is 0. The molecule has 3 atom stereocenters. The summed E-state index contributed by atoms with van der Waals surface area (Å²) in [6, 6.07) is 10.5. The lowest BCUT2D eigenvalue weighted by Gasteiger charge is -2.31. The standard InChI is InChI=1S/C21H30N2O2/c1-21(2,17-8-6-5-7-9-17)13-20(25)23(4)18-10-15-12-19(24)22(3)14-16(15)11-18/h5-9,15-16,18H,10-14H2,1-4H3/t15-,16+,18-/m1/s1. The van der Waals surface area contributed by atoms with E-state index in [-0.39, 0.29) is 23.3 Å². The first kappa shape index (κ1) is 18.0. The molecule has 4 nitrogen and oxygen atoms in total. The summed E-state index contributed by atoms with van der Waals surface area (Å²) < 4.78 is 0. The number of amides is 2. The van der Waals surface area contributed by atoms with Crippen molar-refractivity contribution < 1.29 is 9.59 Å². The molecule has 1 aliphatic carbocycles. The van der Waals surface area contributed by atoms with Crippen LogP contribution < -0.4 is 0 Å². The Bertz CT molecular complexity index is 641. The fraction of sp³-hybridized carbons (Fsp3) is 0.619. The van der Waals surface area contributed by atoms with Gasteiger partial charge in [-0.3, -0.25) is 9.59 Å². The molecule has 1 saturated heterocycles. The molecule has 2 amide bonds. The second kappa shape index (κ2) is 6.81. The smallest absolute Gasteiger partial charge is 0.223 e. The van der Waals surface area contributed by atoms with Crippen LogP contribution in [0.5, 0.6) is 0 Å². The molecule has 4 heteroatoms. The number of likely N-dealkylation sites (tertiary alicyclic amines) is 1. The molecule has 25 heavy (non-hydrogen) atoms. The summed E-state index contributed by atoms with van der Waals surface area (Å²) in [6.07, 6.45) is 3.15. The van der Waals surface area contributed by atoms with Gasteiger partial charge >= 0.3 is 0 Å². The van der Waals surface area contributed by atoms with Crippen LogP contribution in [0.3, 0.4) is 0 Å². The largest absolute Gasteiger partial charge is 0.345 e. The minimum atomic E-state index is -0.172. The van der Waals surface area contributed by atoms with Gasteiger partial charge < -0.3 is 9.80 Å². The van der Waals surface area contributed by atoms with E-state index in [1.807, 2.05) is 42.1 Å². The van der Waals surface area contributed by atoms with Gasteiger partial charge in [-0.25, -0.2) is 0 Å². The quantitative estimate of drug-likeness (QED) is 0.844. The number of nitrogens with zero attached hydrogens (tertiary/aromatic N) is 2. The zero-order valence-corrected chi connectivity index (χ0v) is 15.9. The van der Waals surface area contributed by atoms with E-state index >= 15 is 0 Å². The van der Waals surface area contributed by atoms with Crippen molar-refractivity contribution in [2.45, 2.75) is 51.0 Å². The molecule has 1 saturated carbocycles. The number of rotatable bonds is 4. The fourth-order valence-electron chi connectivity index (χ4n) is 4.50. The van der Waals surface area contributed by atoms with Crippen LogP contribution in [-0.4, -0.2) is 48.3 Å². The van der Waals surface area contributed by atoms with Crippen molar-refractivity contribution in [2.75, 3.05) is 20.6 Å². The average Bonchev–Trinajstić information content (AvgIpc) is 2.97. The predicted octanol–water partition coefficient (Wildman–Crippen LogP) is 3.07. The molecule has 1 heterocycles. The maximum Gasteiger partial charge on any atom is 0.223 e. The molecule has 0 radical (unpaired) electrons. The SMILES string of the molecule is CN1C[C@@H]2C[C@H](N(C)C(=O)CC(C)(C)c3ccccc3)C[C@@H]2CC1=O. The van der Waals surface area contributed by atoms with Crippen molar-refractivity contribution in [3.8, 4) is 0 Å². The number of benzene rings is 1. The minimum Gasteiger partial charge on any atom is -0.345 e. The van der Waals surface area contributed by atoms with Gasteiger partial charge in [-0.1, -0.05) is 44.2 Å². The van der Waals surface area contributed by atoms with E-state index in [4.69, 9.17) is 0 Å². The van der Waals surface area contributed by atoms with Crippen LogP contribution in [0.15, 0.2) is 30.3 Å². The first-order valence-corrected chi connectivity index (χ1v) is 9.33. The zero-order chi connectivity index (χ0) is 18.2. The maximum atomic E-state index is 12.9. The van der Waals surface area contributed by atoms with Crippen molar-refractivity contribution in [3.63, 3.8) is 0 Å². The van der Waals surface area contributed by atoms with Crippen molar-refractivity contribution in [1.82, 2.24) is 9.80 Å². The van der Waals surface area contributed by atoms with Crippen LogP contribution >= 0.6 is 0 Å². The lowest BCUT2D eigenvalue weighted by molar-refractivity contribution is -0.135. The van der Waals surface area contributed by atoms with E-state index in [1.165, 1.54) is 5.56 Å². The van der Waals surface area contributed by atoms with Crippen molar-refractivity contribution in [3.05, 3.63) is 35.9 Å². The summed E-state index contributed by atoms with van der Waals surface area (Å²) in [5.41, 5.74) is 1.03. The zero-order valence-electron chi connectivity index (χ0n) is 15.9. The fourth-order valence-corrected chi connectivity index (χ4v) is 4.50. The summed E-state index contributed by atoms with van der Waals surface area (Å²) in [5, 5.41) is 0. The van der Waals surface area contributed by atoms with Gasteiger partial charge in [0.25, 0.3) is 0 Å². The molecule has 0 N–H and O–H groups in total. The van der Waals surface area contributed by atoms with Gasteiger partial charge in [-0.05, 0) is 35.7 Å². The second-order valence-electron chi connectivity index (χ2n) is 8.56. The van der Waals surface area contributed by atoms with E-state index in [0.717, 1.165) is 19.4 Å². The van der Waals surface area contributed by atoms with Gasteiger partial charge in [0.05, 0.1) is 0 Å². The Morgan fingerprint density at radius 1 is 1.20 bits per heavy atom. The van der Waals surface area contributed by atoms with Gasteiger partial charge in [0, 0.05) is 39.5 Å². The third kappa shape index (κ3) is 3.73. The van der Waals surface area contributed by atoms with E-state index < -0.39 is 0 Å². The Hall–Kier alpha value is -1.84. The first-order valence-electron chi connectivity index (χ1n) is 9.33. The van der Waals surface area contributed by atoms with Crippen molar-refractivity contribution in [1.29, 1.82) is 0 Å². The minimum absolute atomic E-state index is 0.172. The van der Waals surface area contributed by atoms with Crippen molar-refractivity contribution in [2.24, 2.45) is 11.8 Å². The number of fused-ring (bicyclic) bond motifs is 1. The summed E-state index contributed by atoms with van der Waals surface area (Å²) in [4.78, 5) is 28.6. The molecule has 1 aromatic carbocycles. The third-order valence-corrected chi connectivity index (χ3v) is 6.28. The van der Waals surface area contributed by atoms with E-state index in [9.17, 15) is 9.59 Å². The summed E-state index contributed by atoms with van der Waals surface area (Å²) in [7, 11) is 3.83. The molecule has 0 aromatic heterocycles. The van der Waals surface area contributed by atoms with E-state index in [2.05, 4.69) is 26.0 Å². The van der Waals surface area contributed by atoms with Crippen LogP contribution in [0.4, 0.5) is 0 Å². The van der Waals surface area contributed by atoms with Crippen LogP contribution in [-0.2, 0) is 15.0 Å². The molecule has 2 fully saturated rings. The first-order chi connectivity index (χ1) is 11.8. The number of carbonyl (C=O) groups is 2. The van der Waals surface area contributed by atoms with Gasteiger partial charge in [-0.2, -0.15) is 0 Å². The monoisotopic (exact) mass is 342 g/mol. The number of carbonyl (C=O) groups excluding carboxylic acids is 2. The Morgan fingerprint density at radius 2 is 1.84 bits per heavy atom. The molecule has 1 aromatic rings. The highest BCUT2D eigenvalue weighted by molar-refractivity contribution is 5.78. The van der Waals surface area contributed by atoms with Gasteiger partial charge in [0.15, 0.2) is 0 Å². The number of hydrogen-bond acceptors (Lipinski definition) is 2. The lowest BCUT2D eigenvalue weighted by atomic mass is 9.81. The van der Waals surface area contributed by atoms with Gasteiger partial charge in [0.2, 0.25) is 11.8 Å². The van der Waals surface area contributed by atoms with Gasteiger partial charge in [0.1, 0.15) is 0 Å². The maximum absolute atomic E-state index is 12.9. The molecule has 136 valence electrons. The highest BCUT2D eigenvalue weighted by Gasteiger charge is 2.42. The lowest BCUT2D eigenvalue weighted by Crippen LogP contribution is -2.40. The van der Waals surface area contributed by atoms with Crippen LogP contribution in [0.2, 0.25) is 0 Å². The molecule has 0 unspecified atom stereocenters. The topological polar surface area (TPSA) is 40.6 Å². The second-order valence-corrected chi connectivity index (χ2v) is 8.56. The molecular formula is C21H30N2O2. The summed E-state index contributed by atoms with van der Waals surface area (Å²) in [5.74, 6) is 1.45. The molecule has 2 aliphatic rings. The third-order valence-electron chi connectivity index (χ3n) is 6.28. The Morgan fingerprint density at radius 3 is 2.52 bits per heavy atom. The number of piperidine rings is 1. The molecule has 3 rings (SSSR count). The highest BCUT2D eigenvalue weighted by atomic mass is 16.2. The van der Waals surface area contributed by atoms with Gasteiger partial charge in [-0.15, -0.1) is 0 Å². The molecule has 1 aliphatic heterocycles. The summed E-state index contributed by atoms with van der Waals surface area (Å²) in [6.45, 7) is 5.11. The van der Waals surface area contributed by atoms with E-state index in [0.29, 0.717) is 24.7 Å². The summed E-state index contributed by atoms with van der Waals surface area (Å²) >= 11 is 0. The van der Waals surface area contributed by atoms with Crippen LogP contribution in [0.1, 0.15) is 45.1 Å². The Labute approximate surface area is 151 Å². The van der Waals surface area contributed by atoms with E-state index in [1.54, 1.807) is 0 Å².